The van der Waals surface area contributed by atoms with Crippen molar-refractivity contribution in [2.24, 2.45) is 35.5 Å². The Balaban J connectivity index is 1.33. The lowest BCUT2D eigenvalue weighted by atomic mass is 9.74. The Morgan fingerprint density at radius 3 is 1.93 bits per heavy atom. The number of carbonyl (C=O) groups is 12. The number of ether oxygens (including phenoxy) is 2. The number of amides is 12. The van der Waals surface area contributed by atoms with Crippen LogP contribution < -0.4 is 16.0 Å². The Bertz CT molecular complexity index is 3300. The second-order valence-electron chi connectivity index (χ2n) is 31.6. The fourth-order valence-electron chi connectivity index (χ4n) is 17.2. The van der Waals surface area contributed by atoms with E-state index in [9.17, 15) is 55.1 Å². The maximum Gasteiger partial charge on any atom is 0.394 e. The normalized spacial score (nSPS) is 31.0. The average molecular weight is 1550 g/mol. The molecule has 0 aromatic carbocycles. The first-order valence-electron chi connectivity index (χ1n) is 39.1. The maximum atomic E-state index is 15.6. The predicted molar refractivity (Wildman–Crippen MR) is 390 cm³/mol. The number of terminal acetylenes is 1. The first kappa shape index (κ1) is 88.7. The second-order valence-corrected chi connectivity index (χ2v) is 31.6. The number of methoxy groups -OCH3 is 1. The molecule has 0 aromatic heterocycles. The van der Waals surface area contributed by atoms with Crippen LogP contribution in [-0.2, 0) is 67.0 Å². The van der Waals surface area contributed by atoms with Crippen molar-refractivity contribution in [1.29, 1.82) is 0 Å². The van der Waals surface area contributed by atoms with Crippen LogP contribution in [0.15, 0.2) is 12.2 Å². The number of hydrogen-bond donors (Lipinski definition) is 3. The van der Waals surface area contributed by atoms with Gasteiger partial charge in [0.05, 0.1) is 43.6 Å². The van der Waals surface area contributed by atoms with E-state index in [4.69, 9.17) is 15.9 Å². The van der Waals surface area contributed by atoms with Crippen LogP contribution in [0.25, 0.3) is 0 Å². The van der Waals surface area contributed by atoms with E-state index in [0.29, 0.717) is 44.9 Å². The summed E-state index contributed by atoms with van der Waals surface area (Å²) in [6, 6.07) is -11.2. The van der Waals surface area contributed by atoms with Crippen molar-refractivity contribution in [3.05, 3.63) is 12.2 Å². The van der Waals surface area contributed by atoms with Crippen molar-refractivity contribution in [1.82, 2.24) is 60.0 Å². The van der Waals surface area contributed by atoms with Gasteiger partial charge in [0.1, 0.15) is 53.9 Å². The molecular formula is C77H118F6N12O14. The SMILES string of the molecule is C#CC[C@H]1C(=O)N[C@@H]([C@@H](C)CC)C(=O)N(C)CC(=O)N(C)[C@H]2C/C=C\CCN(C2=O)[C@@H](CC2CCC(C(F)(F)F)CC2)C(=O)N(C)CC(=O)N[C@@H](CCC2CCC(C(F)(F)F)C(OC)C2)C(=O)N2C[C@H](OCC)C[C@H]2C(=O)NC2(CCC2)C(=O)N(C)[C@@H](C2CCCC2)C(=O)N(C)[C@H](C(=O)N(C)CCC)CC(=O)N1C. The number of carbonyl (C=O) groups excluding carboxylic acids is 12. The number of likely N-dealkylation sites (N-methyl/N-ethyl adjacent to an activating group) is 7. The van der Waals surface area contributed by atoms with Gasteiger partial charge < -0.3 is 69.5 Å². The Hall–Kier alpha value is -7.56. The van der Waals surface area contributed by atoms with Crippen LogP contribution in [0.4, 0.5) is 26.3 Å². The van der Waals surface area contributed by atoms with Crippen LogP contribution in [0, 0.1) is 47.9 Å². The van der Waals surface area contributed by atoms with Gasteiger partial charge in [0.2, 0.25) is 70.9 Å². The van der Waals surface area contributed by atoms with E-state index in [1.54, 1.807) is 32.9 Å². The van der Waals surface area contributed by atoms with Crippen LogP contribution in [0.3, 0.4) is 0 Å². The summed E-state index contributed by atoms with van der Waals surface area (Å²) in [5, 5.41) is 8.55. The van der Waals surface area contributed by atoms with Crippen molar-refractivity contribution in [2.45, 2.75) is 260 Å². The van der Waals surface area contributed by atoms with E-state index in [-0.39, 0.29) is 129 Å². The molecule has 3 heterocycles. The fourth-order valence-corrected chi connectivity index (χ4v) is 17.2. The van der Waals surface area contributed by atoms with E-state index in [1.807, 2.05) is 6.92 Å². The number of alkyl halides is 6. The molecule has 7 rings (SSSR count). The quantitative estimate of drug-likeness (QED) is 0.0987. The highest BCUT2D eigenvalue weighted by Gasteiger charge is 2.55. The van der Waals surface area contributed by atoms with Gasteiger partial charge in [-0.25, -0.2) is 0 Å². The molecule has 32 heteroatoms. The van der Waals surface area contributed by atoms with Gasteiger partial charge in [-0.15, -0.1) is 12.3 Å². The summed E-state index contributed by atoms with van der Waals surface area (Å²) in [5.41, 5.74) is -1.65. The van der Waals surface area contributed by atoms with Gasteiger partial charge in [-0.2, -0.15) is 26.3 Å². The molecule has 109 heavy (non-hydrogen) atoms. The molecule has 4 saturated carbocycles. The van der Waals surface area contributed by atoms with E-state index in [2.05, 4.69) is 21.9 Å². The van der Waals surface area contributed by atoms with Crippen LogP contribution in [0.5, 0.6) is 0 Å². The first-order valence-corrected chi connectivity index (χ1v) is 39.1. The van der Waals surface area contributed by atoms with Crippen LogP contribution in [-0.4, -0.2) is 289 Å². The number of nitrogens with one attached hydrogen (secondary N) is 3. The zero-order chi connectivity index (χ0) is 80.7. The number of hydrogen-bond acceptors (Lipinski definition) is 14. The first-order chi connectivity index (χ1) is 51.4. The molecule has 1 spiro atoms. The third kappa shape index (κ3) is 21.8. The van der Waals surface area contributed by atoms with E-state index in [0.717, 1.165) is 24.5 Å². The Morgan fingerprint density at radius 1 is 0.688 bits per heavy atom. The van der Waals surface area contributed by atoms with Gasteiger partial charge in [-0.05, 0) is 146 Å². The van der Waals surface area contributed by atoms with Crippen molar-refractivity contribution in [3.8, 4) is 12.3 Å². The topological polar surface area (TPSA) is 289 Å². The van der Waals surface area contributed by atoms with E-state index in [1.165, 1.54) is 76.0 Å². The fraction of sp³-hybridized carbons (Fsp3) is 0.792. The summed E-state index contributed by atoms with van der Waals surface area (Å²) in [6.45, 7) is 5.58. The molecule has 3 unspecified atom stereocenters. The smallest absolute Gasteiger partial charge is 0.381 e. The minimum atomic E-state index is -4.57. The molecule has 0 radical (unpaired) electrons. The highest BCUT2D eigenvalue weighted by molar-refractivity contribution is 6.01. The summed E-state index contributed by atoms with van der Waals surface area (Å²) in [5.74, 6) is -12.2. The molecule has 12 amide bonds. The number of fused-ring (bicyclic) bond motifs is 3. The number of rotatable bonds is 15. The van der Waals surface area contributed by atoms with Crippen molar-refractivity contribution >= 4 is 70.9 Å². The molecule has 612 valence electrons. The zero-order valence-electron chi connectivity index (χ0n) is 65.7. The average Bonchev–Trinajstić information content (AvgIpc) is 1.74. The Labute approximate surface area is 637 Å². The van der Waals surface area contributed by atoms with Crippen molar-refractivity contribution in [3.63, 3.8) is 0 Å². The minimum absolute atomic E-state index is 0.0278. The second kappa shape index (κ2) is 39.1. The molecule has 13 atom stereocenters. The third-order valence-corrected chi connectivity index (χ3v) is 24.4. The Morgan fingerprint density at radius 2 is 1.34 bits per heavy atom. The molecule has 2 saturated heterocycles. The molecular weight excluding hydrogens is 1430 g/mol. The summed E-state index contributed by atoms with van der Waals surface area (Å²) < 4.78 is 96.9. The monoisotopic (exact) mass is 1550 g/mol. The maximum absolute atomic E-state index is 15.6. The zero-order valence-corrected chi connectivity index (χ0v) is 65.7. The molecule has 6 fully saturated rings. The lowest BCUT2D eigenvalue weighted by Gasteiger charge is -2.46. The molecule has 3 aliphatic heterocycles. The number of nitrogens with zero attached hydrogens (tertiary/aromatic N) is 9. The lowest BCUT2D eigenvalue weighted by Crippen LogP contribution is -2.68. The summed E-state index contributed by atoms with van der Waals surface area (Å²) >= 11 is 0. The lowest BCUT2D eigenvalue weighted by molar-refractivity contribution is -0.215. The highest BCUT2D eigenvalue weighted by Crippen LogP contribution is 2.45. The van der Waals surface area contributed by atoms with Crippen molar-refractivity contribution < 1.29 is 93.4 Å². The van der Waals surface area contributed by atoms with E-state index >= 15 is 28.8 Å². The standard InChI is InChI=1S/C77H118F6N12O14/c1-14-24-55-66(99)85-64(47(5)16-3)72(105)89(8)46-63(98)91(10)56-27-19-18-22-39-94(71(56)104)59(40-48-28-32-51(33-29-48)76(78,79)80)70(103)88(7)45-61(96)84-54(35-31-49-30-34-53(77(81,82)83)60(41-49)108-13)68(101)95-44-52(109-17-4)42-57(95)67(100)86-75(36-23-37-75)74(107)93(12)65(50-25-20-21-26-50)73(106)92(11)58(43-62(97)90(55)9)69(102)87(6)38-15-2/h1,18-19,47-60,64-65H,15-17,20-46H2,2-13H3,(H,84,96)(H,85,99)(H,86,100)/b19-18-/t47-,48?,49?,51?,52+,53?,54-,55-,56-,57-,58-,59-,60?,64-,65-/m0/s1. The van der Waals surface area contributed by atoms with Crippen LogP contribution >= 0.6 is 0 Å². The predicted octanol–water partition coefficient (Wildman–Crippen LogP) is 5.84. The van der Waals surface area contributed by atoms with Crippen LogP contribution in [0.2, 0.25) is 0 Å². The molecule has 7 aliphatic rings. The van der Waals surface area contributed by atoms with Gasteiger partial charge in [-0.3, -0.25) is 57.5 Å². The van der Waals surface area contributed by atoms with E-state index < -0.39 is 204 Å². The van der Waals surface area contributed by atoms with Crippen LogP contribution in [0.1, 0.15) is 182 Å². The van der Waals surface area contributed by atoms with Gasteiger partial charge in [0.15, 0.2) is 0 Å². The van der Waals surface area contributed by atoms with Gasteiger partial charge >= 0.3 is 12.4 Å². The van der Waals surface area contributed by atoms with Gasteiger partial charge in [0.25, 0.3) is 0 Å². The third-order valence-electron chi connectivity index (χ3n) is 24.4. The summed E-state index contributed by atoms with van der Waals surface area (Å²) in [4.78, 5) is 192. The molecule has 2 bridgehead atoms. The largest absolute Gasteiger partial charge is 0.394 e. The Kier molecular flexibility index (Phi) is 31.8. The van der Waals surface area contributed by atoms with Crippen molar-refractivity contribution in [2.75, 3.05) is 95.8 Å². The van der Waals surface area contributed by atoms with Gasteiger partial charge in [0, 0.05) is 95.5 Å². The molecule has 26 nitrogen and oxygen atoms in total. The minimum Gasteiger partial charge on any atom is -0.381 e. The molecule has 4 aliphatic carbocycles. The highest BCUT2D eigenvalue weighted by atomic mass is 19.4. The summed E-state index contributed by atoms with van der Waals surface area (Å²) in [7, 11) is 10.7. The molecule has 3 N–H and O–H groups in total. The molecule has 0 aromatic rings. The summed E-state index contributed by atoms with van der Waals surface area (Å²) in [6.07, 6.45) is 0.0252. The van der Waals surface area contributed by atoms with Gasteiger partial charge in [-0.1, -0.05) is 52.2 Å². The number of halogens is 6.